The maximum absolute atomic E-state index is 9.59. The van der Waals surface area contributed by atoms with E-state index in [9.17, 15) is 10.2 Å². The molecule has 1 aromatic carbocycles. The summed E-state index contributed by atoms with van der Waals surface area (Å²) in [6.07, 6.45) is 0.488. The summed E-state index contributed by atoms with van der Waals surface area (Å²) in [6, 6.07) is 7.28. The fourth-order valence-corrected chi connectivity index (χ4v) is 1.47. The Morgan fingerprint density at radius 1 is 1.25 bits per heavy atom. The van der Waals surface area contributed by atoms with Crippen molar-refractivity contribution < 1.29 is 10.2 Å². The van der Waals surface area contributed by atoms with Gasteiger partial charge in [-0.1, -0.05) is 32.0 Å². The number of phenols is 1. The molecule has 0 aliphatic heterocycles. The number of nitrogens with one attached hydrogen (secondary N) is 1. The Hall–Kier alpha value is -1.06. The normalized spacial score (nSPS) is 13.0. The van der Waals surface area contributed by atoms with Gasteiger partial charge in [-0.05, 0) is 24.9 Å². The first-order valence-corrected chi connectivity index (χ1v) is 5.77. The molecule has 1 unspecified atom stereocenters. The molecule has 3 heteroatoms. The third-order valence-corrected chi connectivity index (χ3v) is 2.69. The minimum Gasteiger partial charge on any atom is -0.508 e. The van der Waals surface area contributed by atoms with Gasteiger partial charge in [-0.3, -0.25) is 0 Å². The van der Waals surface area contributed by atoms with Crippen LogP contribution in [0, 0.1) is 5.92 Å². The lowest BCUT2D eigenvalue weighted by molar-refractivity contribution is 0.116. The molecule has 0 amide bonds. The molecule has 0 aromatic heterocycles. The summed E-state index contributed by atoms with van der Waals surface area (Å²) in [4.78, 5) is 0. The van der Waals surface area contributed by atoms with E-state index in [0.29, 0.717) is 18.2 Å². The zero-order valence-electron chi connectivity index (χ0n) is 9.98. The number of phenolic OH excluding ortho intramolecular Hbond substituents is 1. The van der Waals surface area contributed by atoms with Gasteiger partial charge < -0.3 is 15.5 Å². The van der Waals surface area contributed by atoms with E-state index in [0.717, 1.165) is 18.5 Å². The second-order valence-electron chi connectivity index (χ2n) is 4.41. The first-order chi connectivity index (χ1) is 7.61. The minimum absolute atomic E-state index is 0.253. The summed E-state index contributed by atoms with van der Waals surface area (Å²) in [6.45, 7) is 5.41. The zero-order valence-corrected chi connectivity index (χ0v) is 9.98. The van der Waals surface area contributed by atoms with Crippen LogP contribution >= 0.6 is 0 Å². The molecule has 0 saturated carbocycles. The molecule has 0 fully saturated rings. The van der Waals surface area contributed by atoms with Crippen LogP contribution in [0.25, 0.3) is 0 Å². The third kappa shape index (κ3) is 4.21. The standard InChI is InChI=1S/C13H21NO2/c1-10(2)12(15)7-8-14-9-11-5-3-4-6-13(11)16/h3-6,10,12,14-16H,7-9H2,1-2H3. The van der Waals surface area contributed by atoms with Crippen LogP contribution < -0.4 is 5.32 Å². The number of aliphatic hydroxyl groups is 1. The molecule has 90 valence electrons. The van der Waals surface area contributed by atoms with Crippen molar-refractivity contribution in [3.8, 4) is 5.75 Å². The number of hydrogen-bond acceptors (Lipinski definition) is 3. The molecule has 16 heavy (non-hydrogen) atoms. The number of aliphatic hydroxyl groups excluding tert-OH is 1. The van der Waals surface area contributed by atoms with E-state index in [1.807, 2.05) is 26.0 Å². The molecule has 3 nitrogen and oxygen atoms in total. The molecule has 1 atom stereocenters. The Bertz CT molecular complexity index is 313. The molecule has 0 heterocycles. The Morgan fingerprint density at radius 2 is 1.94 bits per heavy atom. The maximum Gasteiger partial charge on any atom is 0.120 e. The summed E-state index contributed by atoms with van der Waals surface area (Å²) in [5.74, 6) is 0.617. The summed E-state index contributed by atoms with van der Waals surface area (Å²) in [5, 5.41) is 22.3. The second kappa shape index (κ2) is 6.51. The highest BCUT2D eigenvalue weighted by Gasteiger charge is 2.08. The van der Waals surface area contributed by atoms with E-state index in [4.69, 9.17) is 0 Å². The SMILES string of the molecule is CC(C)C(O)CCNCc1ccccc1O. The smallest absolute Gasteiger partial charge is 0.120 e. The van der Waals surface area contributed by atoms with Crippen LogP contribution in [0.1, 0.15) is 25.8 Å². The van der Waals surface area contributed by atoms with Gasteiger partial charge in [0.25, 0.3) is 0 Å². The van der Waals surface area contributed by atoms with Crippen LogP contribution in [0.4, 0.5) is 0 Å². The van der Waals surface area contributed by atoms with E-state index in [2.05, 4.69) is 5.32 Å². The van der Waals surface area contributed by atoms with Gasteiger partial charge >= 0.3 is 0 Å². The summed E-state index contributed by atoms with van der Waals surface area (Å²) < 4.78 is 0. The fourth-order valence-electron chi connectivity index (χ4n) is 1.47. The largest absolute Gasteiger partial charge is 0.508 e. The highest BCUT2D eigenvalue weighted by Crippen LogP contribution is 2.14. The molecule has 1 aromatic rings. The molecule has 0 spiro atoms. The molecule has 1 rings (SSSR count). The summed E-state index contributed by atoms with van der Waals surface area (Å²) in [5.41, 5.74) is 0.890. The van der Waals surface area contributed by atoms with Gasteiger partial charge in [0, 0.05) is 12.1 Å². The highest BCUT2D eigenvalue weighted by molar-refractivity contribution is 5.31. The second-order valence-corrected chi connectivity index (χ2v) is 4.41. The topological polar surface area (TPSA) is 52.5 Å². The lowest BCUT2D eigenvalue weighted by Crippen LogP contribution is -2.23. The maximum atomic E-state index is 9.59. The van der Waals surface area contributed by atoms with Crippen LogP contribution in [-0.2, 0) is 6.54 Å². The quantitative estimate of drug-likeness (QED) is 0.645. The van der Waals surface area contributed by atoms with Crippen molar-refractivity contribution in [2.45, 2.75) is 32.9 Å². The molecule has 0 saturated heterocycles. The Morgan fingerprint density at radius 3 is 2.56 bits per heavy atom. The molecular formula is C13H21NO2. The van der Waals surface area contributed by atoms with Crippen LogP contribution in [0.5, 0.6) is 5.75 Å². The predicted molar refractivity (Wildman–Crippen MR) is 65.3 cm³/mol. The van der Waals surface area contributed by atoms with E-state index in [1.165, 1.54) is 0 Å². The van der Waals surface area contributed by atoms with Gasteiger partial charge in [0.15, 0.2) is 0 Å². The monoisotopic (exact) mass is 223 g/mol. The molecule has 0 aliphatic carbocycles. The number of aromatic hydroxyl groups is 1. The van der Waals surface area contributed by atoms with Gasteiger partial charge in [-0.15, -0.1) is 0 Å². The predicted octanol–water partition coefficient (Wildman–Crippen LogP) is 1.89. The lowest BCUT2D eigenvalue weighted by Gasteiger charge is -2.14. The van der Waals surface area contributed by atoms with Gasteiger partial charge in [0.05, 0.1) is 6.10 Å². The van der Waals surface area contributed by atoms with Crippen molar-refractivity contribution in [3.63, 3.8) is 0 Å². The highest BCUT2D eigenvalue weighted by atomic mass is 16.3. The van der Waals surface area contributed by atoms with Crippen molar-refractivity contribution in [2.24, 2.45) is 5.92 Å². The fraction of sp³-hybridized carbons (Fsp3) is 0.538. The van der Waals surface area contributed by atoms with E-state index in [-0.39, 0.29) is 6.10 Å². The van der Waals surface area contributed by atoms with Crippen LogP contribution in [0.2, 0.25) is 0 Å². The molecule has 0 aliphatic rings. The zero-order chi connectivity index (χ0) is 12.0. The van der Waals surface area contributed by atoms with Gasteiger partial charge in [-0.25, -0.2) is 0 Å². The van der Waals surface area contributed by atoms with Crippen LogP contribution in [-0.4, -0.2) is 22.9 Å². The van der Waals surface area contributed by atoms with Crippen molar-refractivity contribution in [3.05, 3.63) is 29.8 Å². The number of para-hydroxylation sites is 1. The van der Waals surface area contributed by atoms with Gasteiger partial charge in [0.2, 0.25) is 0 Å². The summed E-state index contributed by atoms with van der Waals surface area (Å²) in [7, 11) is 0. The van der Waals surface area contributed by atoms with Crippen molar-refractivity contribution >= 4 is 0 Å². The molecular weight excluding hydrogens is 202 g/mol. The molecule has 3 N–H and O–H groups in total. The Kier molecular flexibility index (Phi) is 5.29. The minimum atomic E-state index is -0.253. The van der Waals surface area contributed by atoms with E-state index >= 15 is 0 Å². The molecule has 0 radical (unpaired) electrons. The number of benzene rings is 1. The van der Waals surface area contributed by atoms with E-state index < -0.39 is 0 Å². The summed E-state index contributed by atoms with van der Waals surface area (Å²) >= 11 is 0. The van der Waals surface area contributed by atoms with Crippen molar-refractivity contribution in [1.29, 1.82) is 0 Å². The Balaban J connectivity index is 2.24. The van der Waals surface area contributed by atoms with Crippen molar-refractivity contribution in [1.82, 2.24) is 5.32 Å². The average molecular weight is 223 g/mol. The third-order valence-electron chi connectivity index (χ3n) is 2.69. The number of hydrogen-bond donors (Lipinski definition) is 3. The van der Waals surface area contributed by atoms with Crippen molar-refractivity contribution in [2.75, 3.05) is 6.54 Å². The average Bonchev–Trinajstić information content (AvgIpc) is 2.26. The lowest BCUT2D eigenvalue weighted by atomic mass is 10.0. The first-order valence-electron chi connectivity index (χ1n) is 5.77. The van der Waals surface area contributed by atoms with Gasteiger partial charge in [0.1, 0.15) is 5.75 Å². The van der Waals surface area contributed by atoms with Crippen LogP contribution in [0.15, 0.2) is 24.3 Å². The van der Waals surface area contributed by atoms with Crippen LogP contribution in [0.3, 0.4) is 0 Å². The Labute approximate surface area is 97.1 Å². The first kappa shape index (κ1) is 13.0. The van der Waals surface area contributed by atoms with Gasteiger partial charge in [-0.2, -0.15) is 0 Å². The van der Waals surface area contributed by atoms with E-state index in [1.54, 1.807) is 12.1 Å². The number of rotatable bonds is 6. The molecule has 0 bridgehead atoms.